The third-order valence-electron chi connectivity index (χ3n) is 2.89. The summed E-state index contributed by atoms with van der Waals surface area (Å²) in [5.41, 5.74) is 1.21. The normalized spacial score (nSPS) is 10.3. The van der Waals surface area contributed by atoms with Crippen molar-refractivity contribution in [2.24, 2.45) is 0 Å². The number of aromatic nitrogens is 2. The van der Waals surface area contributed by atoms with Gasteiger partial charge in [0.15, 0.2) is 0 Å². The second-order valence-electron chi connectivity index (χ2n) is 4.47. The lowest BCUT2D eigenvalue weighted by Crippen LogP contribution is -2.03. The van der Waals surface area contributed by atoms with E-state index in [1.165, 1.54) is 10.5 Å². The highest BCUT2D eigenvalue weighted by Gasteiger charge is 2.01. The molecule has 0 spiro atoms. The molecule has 1 aromatic heterocycles. The minimum Gasteiger partial charge on any atom is -0.350 e. The first-order valence-electron chi connectivity index (χ1n) is 6.74. The number of anilines is 1. The molecular weight excluding hydrogens is 278 g/mol. The molecule has 0 saturated heterocycles. The van der Waals surface area contributed by atoms with Gasteiger partial charge in [0.2, 0.25) is 5.95 Å². The molecule has 0 amide bonds. The molecule has 0 aliphatic heterocycles. The quantitative estimate of drug-likeness (QED) is 0.714. The third kappa shape index (κ3) is 4.07. The molecule has 0 bridgehead atoms. The summed E-state index contributed by atoms with van der Waals surface area (Å²) in [7, 11) is 0. The summed E-state index contributed by atoms with van der Waals surface area (Å²) in [6, 6.07) is 22.4. The summed E-state index contributed by atoms with van der Waals surface area (Å²) in [5.74, 6) is 0.653. The van der Waals surface area contributed by atoms with Gasteiger partial charge in [-0.05, 0) is 23.8 Å². The van der Waals surface area contributed by atoms with Crippen LogP contribution >= 0.6 is 11.8 Å². The molecule has 3 aromatic rings. The first kappa shape index (κ1) is 13.6. The van der Waals surface area contributed by atoms with Crippen LogP contribution in [0.1, 0.15) is 5.56 Å². The molecule has 2 aromatic carbocycles. The van der Waals surface area contributed by atoms with Gasteiger partial charge < -0.3 is 5.32 Å². The largest absolute Gasteiger partial charge is 0.350 e. The summed E-state index contributed by atoms with van der Waals surface area (Å²) in [6.07, 6.45) is 1.78. The van der Waals surface area contributed by atoms with Crippen molar-refractivity contribution in [2.75, 3.05) is 5.32 Å². The number of rotatable bonds is 5. The molecule has 4 heteroatoms. The fourth-order valence-electron chi connectivity index (χ4n) is 1.87. The van der Waals surface area contributed by atoms with Crippen LogP contribution in [0.15, 0.2) is 82.8 Å². The third-order valence-corrected chi connectivity index (χ3v) is 3.83. The summed E-state index contributed by atoms with van der Waals surface area (Å²) in [4.78, 5) is 9.96. The predicted molar refractivity (Wildman–Crippen MR) is 86.4 cm³/mol. The number of benzene rings is 2. The van der Waals surface area contributed by atoms with Crippen LogP contribution in [0.2, 0.25) is 0 Å². The molecule has 1 heterocycles. The van der Waals surface area contributed by atoms with E-state index in [0.717, 1.165) is 11.6 Å². The molecule has 3 nitrogen and oxygen atoms in total. The Hall–Kier alpha value is -2.33. The van der Waals surface area contributed by atoms with Crippen LogP contribution < -0.4 is 5.32 Å². The van der Waals surface area contributed by atoms with Crippen LogP contribution in [0.5, 0.6) is 0 Å². The van der Waals surface area contributed by atoms with Crippen molar-refractivity contribution < 1.29 is 0 Å². The lowest BCUT2D eigenvalue weighted by Gasteiger charge is -2.06. The van der Waals surface area contributed by atoms with Crippen molar-refractivity contribution in [1.82, 2.24) is 9.97 Å². The summed E-state index contributed by atoms with van der Waals surface area (Å²) in [6.45, 7) is 0.723. The van der Waals surface area contributed by atoms with Crippen molar-refractivity contribution >= 4 is 17.7 Å². The molecule has 0 radical (unpaired) electrons. The molecule has 0 aliphatic carbocycles. The van der Waals surface area contributed by atoms with Crippen molar-refractivity contribution in [2.45, 2.75) is 16.5 Å². The molecule has 104 valence electrons. The fourth-order valence-corrected chi connectivity index (χ4v) is 2.67. The maximum absolute atomic E-state index is 4.52. The first-order chi connectivity index (χ1) is 10.4. The summed E-state index contributed by atoms with van der Waals surface area (Å²) in [5, 5.41) is 4.19. The Labute approximate surface area is 128 Å². The average Bonchev–Trinajstić information content (AvgIpc) is 2.55. The molecule has 0 unspecified atom stereocenters. The Morgan fingerprint density at radius 3 is 2.33 bits per heavy atom. The van der Waals surface area contributed by atoms with E-state index in [2.05, 4.69) is 39.6 Å². The van der Waals surface area contributed by atoms with E-state index in [0.29, 0.717) is 5.95 Å². The van der Waals surface area contributed by atoms with E-state index in [-0.39, 0.29) is 0 Å². The van der Waals surface area contributed by atoms with E-state index in [1.54, 1.807) is 18.0 Å². The lowest BCUT2D eigenvalue weighted by molar-refractivity contribution is 0.998. The van der Waals surface area contributed by atoms with Crippen LogP contribution in [-0.4, -0.2) is 9.97 Å². The molecule has 1 N–H and O–H groups in total. The summed E-state index contributed by atoms with van der Waals surface area (Å²) >= 11 is 1.63. The molecule has 21 heavy (non-hydrogen) atoms. The molecule has 0 atom stereocenters. The van der Waals surface area contributed by atoms with E-state index in [9.17, 15) is 0 Å². The Balaban J connectivity index is 1.66. The maximum atomic E-state index is 4.52. The van der Waals surface area contributed by atoms with Crippen molar-refractivity contribution in [3.63, 3.8) is 0 Å². The van der Waals surface area contributed by atoms with Gasteiger partial charge in [0, 0.05) is 17.6 Å². The van der Waals surface area contributed by atoms with E-state index < -0.39 is 0 Å². The monoisotopic (exact) mass is 293 g/mol. The fraction of sp³-hybridized carbons (Fsp3) is 0.0588. The Morgan fingerprint density at radius 2 is 1.57 bits per heavy atom. The second-order valence-corrected chi connectivity index (χ2v) is 5.57. The lowest BCUT2D eigenvalue weighted by atomic mass is 10.2. The van der Waals surface area contributed by atoms with E-state index in [1.807, 2.05) is 42.5 Å². The van der Waals surface area contributed by atoms with Crippen LogP contribution in [0.3, 0.4) is 0 Å². The van der Waals surface area contributed by atoms with Crippen LogP contribution in [0.25, 0.3) is 0 Å². The number of hydrogen-bond donors (Lipinski definition) is 1. The van der Waals surface area contributed by atoms with Crippen LogP contribution in [0.4, 0.5) is 5.95 Å². The zero-order valence-corrected chi connectivity index (χ0v) is 12.3. The van der Waals surface area contributed by atoms with Crippen LogP contribution in [0, 0.1) is 0 Å². The molecule has 0 fully saturated rings. The number of nitrogens with zero attached hydrogens (tertiary/aromatic N) is 2. The van der Waals surface area contributed by atoms with Crippen molar-refractivity contribution in [1.29, 1.82) is 0 Å². The Bertz CT molecular complexity index is 687. The van der Waals surface area contributed by atoms with Gasteiger partial charge in [-0.1, -0.05) is 60.3 Å². The van der Waals surface area contributed by atoms with E-state index >= 15 is 0 Å². The minimum absolute atomic E-state index is 0.653. The van der Waals surface area contributed by atoms with Gasteiger partial charge in [0.05, 0.1) is 0 Å². The highest BCUT2D eigenvalue weighted by atomic mass is 32.2. The maximum Gasteiger partial charge on any atom is 0.223 e. The second kappa shape index (κ2) is 6.90. The van der Waals surface area contributed by atoms with Crippen molar-refractivity contribution in [3.05, 3.63) is 78.5 Å². The van der Waals surface area contributed by atoms with Crippen LogP contribution in [-0.2, 0) is 6.54 Å². The molecular formula is C17H15N3S. The van der Waals surface area contributed by atoms with Gasteiger partial charge in [-0.15, -0.1) is 0 Å². The van der Waals surface area contributed by atoms with Gasteiger partial charge in [0.1, 0.15) is 5.03 Å². The number of nitrogens with one attached hydrogen (secondary N) is 1. The highest BCUT2D eigenvalue weighted by Crippen LogP contribution is 2.25. The smallest absolute Gasteiger partial charge is 0.223 e. The van der Waals surface area contributed by atoms with Crippen molar-refractivity contribution in [3.8, 4) is 0 Å². The Kier molecular flexibility index (Phi) is 4.49. The zero-order valence-electron chi connectivity index (χ0n) is 11.4. The van der Waals surface area contributed by atoms with Gasteiger partial charge in [-0.2, -0.15) is 0 Å². The van der Waals surface area contributed by atoms with Gasteiger partial charge in [0.25, 0.3) is 0 Å². The summed E-state index contributed by atoms with van der Waals surface area (Å²) < 4.78 is 0. The van der Waals surface area contributed by atoms with E-state index in [4.69, 9.17) is 0 Å². The Morgan fingerprint density at radius 1 is 0.857 bits per heavy atom. The molecule has 0 saturated carbocycles. The van der Waals surface area contributed by atoms with Gasteiger partial charge in [-0.3, -0.25) is 0 Å². The SMILES string of the molecule is c1ccc(CNc2nccc(Sc3ccccc3)n2)cc1. The topological polar surface area (TPSA) is 37.8 Å². The predicted octanol–water partition coefficient (Wildman–Crippen LogP) is 4.24. The number of hydrogen-bond acceptors (Lipinski definition) is 4. The standard InChI is InChI=1S/C17H15N3S/c1-3-7-14(8-4-1)13-19-17-18-12-11-16(20-17)21-15-9-5-2-6-10-15/h1-12H,13H2,(H,18,19,20). The molecule has 3 rings (SSSR count). The van der Waals surface area contributed by atoms with Gasteiger partial charge >= 0.3 is 0 Å². The highest BCUT2D eigenvalue weighted by molar-refractivity contribution is 7.99. The minimum atomic E-state index is 0.653. The average molecular weight is 293 g/mol. The molecule has 0 aliphatic rings. The zero-order chi connectivity index (χ0) is 14.3. The van der Waals surface area contributed by atoms with Gasteiger partial charge in [-0.25, -0.2) is 9.97 Å². The first-order valence-corrected chi connectivity index (χ1v) is 7.55.